The van der Waals surface area contributed by atoms with Gasteiger partial charge in [0.15, 0.2) is 11.5 Å². The maximum Gasteiger partial charge on any atom is 0.434 e. The van der Waals surface area contributed by atoms with Gasteiger partial charge < -0.3 is 4.98 Å². The first-order valence-electron chi connectivity index (χ1n) is 4.52. The van der Waals surface area contributed by atoms with E-state index in [2.05, 4.69) is 15.0 Å². The predicted octanol–water partition coefficient (Wildman–Crippen LogP) is 0.749. The number of rotatable bonds is 1. The van der Waals surface area contributed by atoms with Crippen molar-refractivity contribution in [2.24, 2.45) is 0 Å². The SMILES string of the molecule is Bc1ccc(-c2nc(C(F)(F)F)c[nH]2)nc1. The Morgan fingerprint density at radius 1 is 1.25 bits per heavy atom. The Balaban J connectivity index is 2.35. The Bertz CT molecular complexity index is 489. The van der Waals surface area contributed by atoms with Gasteiger partial charge in [-0.3, -0.25) is 4.98 Å². The minimum absolute atomic E-state index is 0.118. The van der Waals surface area contributed by atoms with Crippen LogP contribution in [-0.4, -0.2) is 22.8 Å². The summed E-state index contributed by atoms with van der Waals surface area (Å²) >= 11 is 0. The van der Waals surface area contributed by atoms with Crippen molar-refractivity contribution in [1.82, 2.24) is 15.0 Å². The molecule has 0 atom stereocenters. The minimum atomic E-state index is -4.43. The van der Waals surface area contributed by atoms with E-state index in [1.807, 2.05) is 7.85 Å². The molecular formula is C9H7BF3N3. The standard InChI is InChI=1S/C9H7BF3N3/c10-5-1-2-6(14-3-5)8-15-4-7(16-8)9(11,12)13/h1-4H,10H2,(H,15,16). The Labute approximate surface area is 90.2 Å². The molecule has 16 heavy (non-hydrogen) atoms. The molecule has 0 aliphatic carbocycles. The highest BCUT2D eigenvalue weighted by Crippen LogP contribution is 2.28. The van der Waals surface area contributed by atoms with Gasteiger partial charge in [-0.15, -0.1) is 0 Å². The van der Waals surface area contributed by atoms with Gasteiger partial charge in [-0.2, -0.15) is 13.2 Å². The van der Waals surface area contributed by atoms with E-state index in [1.165, 1.54) is 0 Å². The third kappa shape index (κ3) is 2.07. The van der Waals surface area contributed by atoms with Crippen molar-refractivity contribution in [3.8, 4) is 11.5 Å². The van der Waals surface area contributed by atoms with Gasteiger partial charge in [0.2, 0.25) is 0 Å². The molecule has 2 aromatic rings. The first kappa shape index (κ1) is 10.7. The molecule has 0 aliphatic rings. The summed E-state index contributed by atoms with van der Waals surface area (Å²) in [4.78, 5) is 9.88. The smallest absolute Gasteiger partial charge is 0.343 e. The molecule has 3 nitrogen and oxygen atoms in total. The Kier molecular flexibility index (Phi) is 2.45. The number of nitrogens with one attached hydrogen (secondary N) is 1. The van der Waals surface area contributed by atoms with Crippen molar-refractivity contribution in [1.29, 1.82) is 0 Å². The van der Waals surface area contributed by atoms with Gasteiger partial charge >= 0.3 is 6.18 Å². The molecule has 2 heterocycles. The van der Waals surface area contributed by atoms with Crippen molar-refractivity contribution in [2.45, 2.75) is 6.18 Å². The molecule has 0 aliphatic heterocycles. The third-order valence-corrected chi connectivity index (χ3v) is 2.02. The van der Waals surface area contributed by atoms with Gasteiger partial charge in [-0.1, -0.05) is 11.5 Å². The average Bonchev–Trinajstić information content (AvgIpc) is 2.67. The zero-order valence-electron chi connectivity index (χ0n) is 8.34. The van der Waals surface area contributed by atoms with Crippen LogP contribution in [0, 0.1) is 0 Å². The minimum Gasteiger partial charge on any atom is -0.343 e. The fraction of sp³-hybridized carbons (Fsp3) is 0.111. The highest BCUT2D eigenvalue weighted by molar-refractivity contribution is 6.32. The molecule has 82 valence electrons. The zero-order chi connectivity index (χ0) is 11.8. The number of hydrogen-bond donors (Lipinski definition) is 1. The largest absolute Gasteiger partial charge is 0.434 e. The zero-order valence-corrected chi connectivity index (χ0v) is 8.34. The molecule has 1 N–H and O–H groups in total. The number of H-pyrrole nitrogens is 1. The molecule has 2 rings (SSSR count). The molecule has 0 aromatic carbocycles. The summed E-state index contributed by atoms with van der Waals surface area (Å²) in [5.41, 5.74) is 0.386. The van der Waals surface area contributed by atoms with Crippen molar-refractivity contribution in [3.05, 3.63) is 30.2 Å². The quantitative estimate of drug-likeness (QED) is 0.727. The van der Waals surface area contributed by atoms with Crippen molar-refractivity contribution in [2.75, 3.05) is 0 Å². The number of aromatic amines is 1. The molecule has 2 aromatic heterocycles. The van der Waals surface area contributed by atoms with Crippen molar-refractivity contribution in [3.63, 3.8) is 0 Å². The first-order chi connectivity index (χ1) is 7.47. The van der Waals surface area contributed by atoms with Gasteiger partial charge in [0.1, 0.15) is 13.5 Å². The number of halogens is 3. The van der Waals surface area contributed by atoms with Gasteiger partial charge in [0, 0.05) is 12.4 Å². The lowest BCUT2D eigenvalue weighted by Gasteiger charge is -1.99. The van der Waals surface area contributed by atoms with Crippen LogP contribution < -0.4 is 5.46 Å². The maximum absolute atomic E-state index is 12.3. The Hall–Kier alpha value is -1.79. The van der Waals surface area contributed by atoms with E-state index in [4.69, 9.17) is 0 Å². The molecule has 0 saturated carbocycles. The van der Waals surface area contributed by atoms with Crippen LogP contribution in [0.25, 0.3) is 11.5 Å². The van der Waals surface area contributed by atoms with Crippen LogP contribution in [0.3, 0.4) is 0 Å². The van der Waals surface area contributed by atoms with E-state index in [0.717, 1.165) is 11.7 Å². The summed E-state index contributed by atoms with van der Waals surface area (Å²) in [6.45, 7) is 0. The van der Waals surface area contributed by atoms with Gasteiger partial charge in [0.05, 0.1) is 0 Å². The summed E-state index contributed by atoms with van der Waals surface area (Å²) in [5, 5.41) is 0. The van der Waals surface area contributed by atoms with E-state index in [0.29, 0.717) is 5.69 Å². The lowest BCUT2D eigenvalue weighted by molar-refractivity contribution is -0.140. The fourth-order valence-electron chi connectivity index (χ4n) is 1.21. The molecule has 7 heteroatoms. The predicted molar refractivity (Wildman–Crippen MR) is 55.0 cm³/mol. The maximum atomic E-state index is 12.3. The van der Waals surface area contributed by atoms with Crippen LogP contribution in [0.2, 0.25) is 0 Å². The molecule has 0 saturated heterocycles. The van der Waals surface area contributed by atoms with Crippen LogP contribution in [-0.2, 0) is 6.18 Å². The van der Waals surface area contributed by atoms with Crippen molar-refractivity contribution < 1.29 is 13.2 Å². The average molecular weight is 225 g/mol. The summed E-state index contributed by atoms with van der Waals surface area (Å²) in [7, 11) is 1.85. The number of aromatic nitrogens is 3. The fourth-order valence-corrected chi connectivity index (χ4v) is 1.21. The van der Waals surface area contributed by atoms with Gasteiger partial charge in [0.25, 0.3) is 0 Å². The highest BCUT2D eigenvalue weighted by atomic mass is 19.4. The molecule has 0 radical (unpaired) electrons. The lowest BCUT2D eigenvalue weighted by Crippen LogP contribution is -2.05. The molecular weight excluding hydrogens is 218 g/mol. The summed E-state index contributed by atoms with van der Waals surface area (Å²) < 4.78 is 36.8. The number of alkyl halides is 3. The summed E-state index contributed by atoms with van der Waals surface area (Å²) in [5.74, 6) is 0.118. The second-order valence-electron chi connectivity index (χ2n) is 3.35. The van der Waals surface area contributed by atoms with Crippen molar-refractivity contribution >= 4 is 13.3 Å². The lowest BCUT2D eigenvalue weighted by atomic mass is 9.99. The van der Waals surface area contributed by atoms with Crippen LogP contribution >= 0.6 is 0 Å². The van der Waals surface area contributed by atoms with E-state index in [1.54, 1.807) is 18.3 Å². The van der Waals surface area contributed by atoms with E-state index >= 15 is 0 Å². The van der Waals surface area contributed by atoms with Gasteiger partial charge in [-0.25, -0.2) is 4.98 Å². The summed E-state index contributed by atoms with van der Waals surface area (Å²) in [6.07, 6.45) is -2.03. The van der Waals surface area contributed by atoms with Crippen LogP contribution in [0.15, 0.2) is 24.5 Å². The first-order valence-corrected chi connectivity index (χ1v) is 4.52. The normalized spacial score (nSPS) is 11.7. The number of imidazole rings is 1. The monoisotopic (exact) mass is 225 g/mol. The number of hydrogen-bond acceptors (Lipinski definition) is 2. The second-order valence-corrected chi connectivity index (χ2v) is 3.35. The molecule has 0 unspecified atom stereocenters. The molecule has 0 bridgehead atoms. The summed E-state index contributed by atoms with van der Waals surface area (Å²) in [6, 6.07) is 3.38. The van der Waals surface area contributed by atoms with E-state index in [9.17, 15) is 13.2 Å². The number of nitrogens with zero attached hydrogens (tertiary/aromatic N) is 2. The van der Waals surface area contributed by atoms with Crippen LogP contribution in [0.5, 0.6) is 0 Å². The third-order valence-electron chi connectivity index (χ3n) is 2.02. The Morgan fingerprint density at radius 2 is 2.00 bits per heavy atom. The van der Waals surface area contributed by atoms with E-state index < -0.39 is 11.9 Å². The highest BCUT2D eigenvalue weighted by Gasteiger charge is 2.33. The molecule has 0 spiro atoms. The number of pyridine rings is 1. The van der Waals surface area contributed by atoms with Crippen LogP contribution in [0.4, 0.5) is 13.2 Å². The second kappa shape index (κ2) is 3.66. The molecule has 0 fully saturated rings. The topological polar surface area (TPSA) is 41.6 Å². The van der Waals surface area contributed by atoms with Crippen LogP contribution in [0.1, 0.15) is 5.69 Å². The molecule has 0 amide bonds. The Morgan fingerprint density at radius 3 is 2.50 bits per heavy atom. The van der Waals surface area contributed by atoms with Gasteiger partial charge in [-0.05, 0) is 6.07 Å². The van der Waals surface area contributed by atoms with E-state index in [-0.39, 0.29) is 5.82 Å².